The van der Waals surface area contributed by atoms with Gasteiger partial charge in [-0.2, -0.15) is 5.26 Å². The van der Waals surface area contributed by atoms with E-state index in [2.05, 4.69) is 0 Å². The lowest BCUT2D eigenvalue weighted by molar-refractivity contribution is 0.166. The van der Waals surface area contributed by atoms with Crippen molar-refractivity contribution in [2.75, 3.05) is 0 Å². The Labute approximate surface area is 82.6 Å². The van der Waals surface area contributed by atoms with Crippen LogP contribution in [0.25, 0.3) is 0 Å². The Morgan fingerprint density at radius 3 is 2.79 bits per heavy atom. The molecule has 1 aromatic carbocycles. The highest BCUT2D eigenvalue weighted by molar-refractivity contribution is 5.34. The molecule has 3 heteroatoms. The molecule has 0 amide bonds. The van der Waals surface area contributed by atoms with Crippen LogP contribution >= 0.6 is 0 Å². The van der Waals surface area contributed by atoms with Crippen molar-refractivity contribution in [1.29, 1.82) is 5.26 Å². The molecule has 0 saturated carbocycles. The number of halogens is 1. The molecule has 1 atom stereocenters. The van der Waals surface area contributed by atoms with E-state index in [1.165, 1.54) is 12.1 Å². The van der Waals surface area contributed by atoms with Gasteiger partial charge in [0.25, 0.3) is 0 Å². The van der Waals surface area contributed by atoms with E-state index in [9.17, 15) is 9.50 Å². The molecular formula is C11H12FNO. The first-order valence-electron chi connectivity index (χ1n) is 4.56. The number of benzene rings is 1. The van der Waals surface area contributed by atoms with Crippen LogP contribution in [0.15, 0.2) is 18.2 Å². The maximum Gasteiger partial charge on any atom is 0.141 e. The van der Waals surface area contributed by atoms with E-state index in [-0.39, 0.29) is 5.56 Å². The fraction of sp³-hybridized carbons (Fsp3) is 0.364. The van der Waals surface area contributed by atoms with Gasteiger partial charge in [-0.3, -0.25) is 0 Å². The topological polar surface area (TPSA) is 44.0 Å². The average molecular weight is 193 g/mol. The zero-order valence-corrected chi connectivity index (χ0v) is 8.00. The molecule has 0 aromatic heterocycles. The molecule has 0 heterocycles. The molecular weight excluding hydrogens is 181 g/mol. The van der Waals surface area contributed by atoms with Gasteiger partial charge < -0.3 is 5.11 Å². The van der Waals surface area contributed by atoms with E-state index in [1.54, 1.807) is 12.1 Å². The second kappa shape index (κ2) is 4.73. The summed E-state index contributed by atoms with van der Waals surface area (Å²) in [4.78, 5) is 0. The largest absolute Gasteiger partial charge is 0.388 e. The monoisotopic (exact) mass is 193 g/mol. The molecule has 0 spiro atoms. The highest BCUT2D eigenvalue weighted by Gasteiger charge is 2.09. The molecule has 0 aliphatic carbocycles. The quantitative estimate of drug-likeness (QED) is 0.801. The highest BCUT2D eigenvalue weighted by Crippen LogP contribution is 2.20. The van der Waals surface area contributed by atoms with Gasteiger partial charge in [-0.1, -0.05) is 19.4 Å². The second-order valence-electron chi connectivity index (χ2n) is 3.16. The fourth-order valence-electron chi connectivity index (χ4n) is 1.27. The summed E-state index contributed by atoms with van der Waals surface area (Å²) in [5.74, 6) is -0.569. The van der Waals surface area contributed by atoms with Gasteiger partial charge in [0, 0.05) is 0 Å². The first kappa shape index (κ1) is 10.7. The Hall–Kier alpha value is -1.40. The number of rotatable bonds is 3. The lowest BCUT2D eigenvalue weighted by atomic mass is 10.0. The number of nitriles is 1. The van der Waals surface area contributed by atoms with Crippen molar-refractivity contribution in [1.82, 2.24) is 0 Å². The third kappa shape index (κ3) is 2.30. The molecule has 1 unspecified atom stereocenters. The molecule has 0 bridgehead atoms. The summed E-state index contributed by atoms with van der Waals surface area (Å²) in [6.07, 6.45) is 0.802. The number of aliphatic hydroxyl groups excluding tert-OH is 1. The molecule has 2 nitrogen and oxygen atoms in total. The van der Waals surface area contributed by atoms with Crippen molar-refractivity contribution in [3.63, 3.8) is 0 Å². The number of hydrogen-bond donors (Lipinski definition) is 1. The van der Waals surface area contributed by atoms with Crippen molar-refractivity contribution in [3.8, 4) is 6.07 Å². The van der Waals surface area contributed by atoms with E-state index in [4.69, 9.17) is 5.26 Å². The molecule has 0 aliphatic rings. The molecule has 1 rings (SSSR count). The third-order valence-corrected chi connectivity index (χ3v) is 2.06. The Kier molecular flexibility index (Phi) is 3.61. The van der Waals surface area contributed by atoms with Crippen LogP contribution in [0.5, 0.6) is 0 Å². The van der Waals surface area contributed by atoms with Crippen LogP contribution in [0, 0.1) is 17.1 Å². The summed E-state index contributed by atoms with van der Waals surface area (Å²) >= 11 is 0. The van der Waals surface area contributed by atoms with Crippen molar-refractivity contribution in [2.45, 2.75) is 25.9 Å². The predicted molar refractivity (Wildman–Crippen MR) is 51.0 cm³/mol. The summed E-state index contributed by atoms with van der Waals surface area (Å²) in [5, 5.41) is 18.1. The van der Waals surface area contributed by atoms with E-state index in [1.807, 2.05) is 6.92 Å². The van der Waals surface area contributed by atoms with Gasteiger partial charge in [0.15, 0.2) is 0 Å². The molecule has 0 saturated heterocycles. The van der Waals surface area contributed by atoms with Gasteiger partial charge in [0.2, 0.25) is 0 Å². The zero-order chi connectivity index (χ0) is 10.6. The van der Waals surface area contributed by atoms with Gasteiger partial charge >= 0.3 is 0 Å². The van der Waals surface area contributed by atoms with Gasteiger partial charge in [0.05, 0.1) is 11.7 Å². The fourth-order valence-corrected chi connectivity index (χ4v) is 1.27. The highest BCUT2D eigenvalue weighted by atomic mass is 19.1. The molecule has 1 aromatic rings. The van der Waals surface area contributed by atoms with E-state index >= 15 is 0 Å². The van der Waals surface area contributed by atoms with Crippen LogP contribution in [0.4, 0.5) is 4.39 Å². The minimum absolute atomic E-state index is 0.0115. The summed E-state index contributed by atoms with van der Waals surface area (Å²) in [6, 6.07) is 5.94. The Morgan fingerprint density at radius 2 is 2.29 bits per heavy atom. The van der Waals surface area contributed by atoms with Crippen LogP contribution in [0.2, 0.25) is 0 Å². The summed E-state index contributed by atoms with van der Waals surface area (Å²) < 4.78 is 13.1. The zero-order valence-electron chi connectivity index (χ0n) is 8.00. The molecule has 0 fully saturated rings. The predicted octanol–water partition coefficient (Wildman–Crippen LogP) is 2.53. The smallest absolute Gasteiger partial charge is 0.141 e. The molecule has 14 heavy (non-hydrogen) atoms. The summed E-state index contributed by atoms with van der Waals surface area (Å²) in [6.45, 7) is 1.95. The van der Waals surface area contributed by atoms with Crippen LogP contribution < -0.4 is 0 Å². The molecule has 74 valence electrons. The molecule has 0 radical (unpaired) electrons. The van der Waals surface area contributed by atoms with E-state index in [0.29, 0.717) is 12.0 Å². The standard InChI is InChI=1S/C11H12FNO/c1-2-3-11(14)8-4-5-9(7-13)10(12)6-8/h4-6,11,14H,2-3H2,1H3. The lowest BCUT2D eigenvalue weighted by Gasteiger charge is -2.09. The van der Waals surface area contributed by atoms with Crippen LogP contribution in [-0.2, 0) is 0 Å². The van der Waals surface area contributed by atoms with Gasteiger partial charge in [-0.15, -0.1) is 0 Å². The average Bonchev–Trinajstić information content (AvgIpc) is 2.18. The second-order valence-corrected chi connectivity index (χ2v) is 3.16. The maximum absolute atomic E-state index is 13.1. The van der Waals surface area contributed by atoms with Crippen molar-refractivity contribution in [3.05, 3.63) is 35.1 Å². The molecule has 0 aliphatic heterocycles. The van der Waals surface area contributed by atoms with Crippen LogP contribution in [0.3, 0.4) is 0 Å². The Balaban J connectivity index is 2.92. The first-order valence-corrected chi connectivity index (χ1v) is 4.56. The Bertz CT molecular complexity index is 357. The van der Waals surface area contributed by atoms with Crippen LogP contribution in [0.1, 0.15) is 37.0 Å². The Morgan fingerprint density at radius 1 is 1.57 bits per heavy atom. The molecule has 1 N–H and O–H groups in total. The number of aliphatic hydroxyl groups is 1. The number of nitrogens with zero attached hydrogens (tertiary/aromatic N) is 1. The maximum atomic E-state index is 13.1. The minimum Gasteiger partial charge on any atom is -0.388 e. The van der Waals surface area contributed by atoms with E-state index < -0.39 is 11.9 Å². The third-order valence-electron chi connectivity index (χ3n) is 2.06. The summed E-state index contributed by atoms with van der Waals surface area (Å²) in [5.41, 5.74) is 0.542. The SMILES string of the molecule is CCCC(O)c1ccc(C#N)c(F)c1. The summed E-state index contributed by atoms with van der Waals surface area (Å²) in [7, 11) is 0. The van der Waals surface area contributed by atoms with Gasteiger partial charge in [-0.25, -0.2) is 4.39 Å². The van der Waals surface area contributed by atoms with Crippen molar-refractivity contribution < 1.29 is 9.50 Å². The van der Waals surface area contributed by atoms with Gasteiger partial charge in [0.1, 0.15) is 11.9 Å². The minimum atomic E-state index is -0.637. The lowest BCUT2D eigenvalue weighted by Crippen LogP contribution is -1.98. The van der Waals surface area contributed by atoms with Crippen LogP contribution in [-0.4, -0.2) is 5.11 Å². The van der Waals surface area contributed by atoms with Crippen molar-refractivity contribution >= 4 is 0 Å². The van der Waals surface area contributed by atoms with Gasteiger partial charge in [-0.05, 0) is 24.1 Å². The first-order chi connectivity index (χ1) is 6.69. The van der Waals surface area contributed by atoms with Crippen molar-refractivity contribution in [2.24, 2.45) is 0 Å². The number of hydrogen-bond acceptors (Lipinski definition) is 2. The normalized spacial score (nSPS) is 12.1. The van der Waals surface area contributed by atoms with E-state index in [0.717, 1.165) is 6.42 Å².